The Balaban J connectivity index is 2.94. The minimum absolute atomic E-state index is 0.193. The number of hydrogen-bond donors (Lipinski definition) is 0. The van der Waals surface area contributed by atoms with Gasteiger partial charge in [-0.3, -0.25) is 0 Å². The van der Waals surface area contributed by atoms with Gasteiger partial charge in [0, 0.05) is 11.6 Å². The van der Waals surface area contributed by atoms with E-state index in [1.165, 1.54) is 19.4 Å². The van der Waals surface area contributed by atoms with Crippen molar-refractivity contribution in [3.63, 3.8) is 0 Å². The van der Waals surface area contributed by atoms with E-state index >= 15 is 0 Å². The fraction of sp³-hybridized carbons (Fsp3) is 0.125. The summed E-state index contributed by atoms with van der Waals surface area (Å²) in [4.78, 5) is 4.34. The first kappa shape index (κ1) is 8.64. The Labute approximate surface area is 68.5 Å². The van der Waals surface area contributed by atoms with Gasteiger partial charge in [-0.1, -0.05) is 5.16 Å². The van der Waals surface area contributed by atoms with Crippen LogP contribution in [0.5, 0.6) is 0 Å². The molecule has 1 aromatic carbocycles. The maximum Gasteiger partial charge on any atom is 0.135 e. The third-order valence-corrected chi connectivity index (χ3v) is 1.26. The van der Waals surface area contributed by atoms with Crippen molar-refractivity contribution >= 4 is 6.21 Å². The lowest BCUT2D eigenvalue weighted by atomic mass is 10.2. The molecule has 0 spiro atoms. The van der Waals surface area contributed by atoms with Crippen molar-refractivity contribution in [2.24, 2.45) is 5.16 Å². The molecule has 0 radical (unpaired) electrons. The highest BCUT2D eigenvalue weighted by molar-refractivity contribution is 5.79. The number of hydrogen-bond acceptors (Lipinski definition) is 2. The summed E-state index contributed by atoms with van der Waals surface area (Å²) in [5.74, 6) is -1.27. The van der Waals surface area contributed by atoms with E-state index in [1.807, 2.05) is 0 Å². The van der Waals surface area contributed by atoms with Crippen LogP contribution in [0.2, 0.25) is 0 Å². The summed E-state index contributed by atoms with van der Waals surface area (Å²) in [6.45, 7) is 0. The Kier molecular flexibility index (Phi) is 2.74. The molecule has 0 heterocycles. The average molecular weight is 171 g/mol. The van der Waals surface area contributed by atoms with Crippen LogP contribution in [0.15, 0.2) is 23.4 Å². The van der Waals surface area contributed by atoms with Gasteiger partial charge in [0.15, 0.2) is 0 Å². The maximum atomic E-state index is 12.8. The minimum Gasteiger partial charge on any atom is -0.399 e. The Morgan fingerprint density at radius 1 is 1.42 bits per heavy atom. The number of halogens is 2. The Hall–Kier alpha value is -1.45. The van der Waals surface area contributed by atoms with E-state index in [2.05, 4.69) is 9.99 Å². The molecular formula is C8H7F2NO. The summed E-state index contributed by atoms with van der Waals surface area (Å²) in [6.07, 6.45) is 1.18. The lowest BCUT2D eigenvalue weighted by Crippen LogP contribution is -1.89. The molecule has 1 rings (SSSR count). The first-order chi connectivity index (χ1) is 5.74. The van der Waals surface area contributed by atoms with Gasteiger partial charge in [0.05, 0.1) is 6.21 Å². The molecule has 0 amide bonds. The van der Waals surface area contributed by atoms with Gasteiger partial charge in [-0.05, 0) is 12.1 Å². The van der Waals surface area contributed by atoms with Crippen molar-refractivity contribution < 1.29 is 13.6 Å². The lowest BCUT2D eigenvalue weighted by Gasteiger charge is -1.94. The fourth-order valence-corrected chi connectivity index (χ4v) is 0.716. The second-order valence-electron chi connectivity index (χ2n) is 2.08. The number of benzene rings is 1. The SMILES string of the molecule is CO/N=C\c1ccc(F)cc1F. The molecule has 0 aliphatic carbocycles. The van der Waals surface area contributed by atoms with Gasteiger partial charge in [-0.2, -0.15) is 0 Å². The number of nitrogens with zero attached hydrogens (tertiary/aromatic N) is 1. The second kappa shape index (κ2) is 3.80. The molecule has 0 bridgehead atoms. The highest BCUT2D eigenvalue weighted by atomic mass is 19.1. The van der Waals surface area contributed by atoms with E-state index in [0.717, 1.165) is 12.1 Å². The van der Waals surface area contributed by atoms with Crippen LogP contribution in [0, 0.1) is 11.6 Å². The van der Waals surface area contributed by atoms with Gasteiger partial charge in [-0.25, -0.2) is 8.78 Å². The molecule has 12 heavy (non-hydrogen) atoms. The minimum atomic E-state index is -0.657. The molecule has 0 atom stereocenters. The maximum absolute atomic E-state index is 12.8. The molecule has 4 heteroatoms. The van der Waals surface area contributed by atoms with Crippen LogP contribution >= 0.6 is 0 Å². The van der Waals surface area contributed by atoms with Crippen molar-refractivity contribution in [2.75, 3.05) is 7.11 Å². The van der Waals surface area contributed by atoms with Gasteiger partial charge in [0.1, 0.15) is 18.7 Å². The lowest BCUT2D eigenvalue weighted by molar-refractivity contribution is 0.215. The molecule has 64 valence electrons. The monoisotopic (exact) mass is 171 g/mol. The first-order valence-corrected chi connectivity index (χ1v) is 3.25. The van der Waals surface area contributed by atoms with Crippen LogP contribution in [0.4, 0.5) is 8.78 Å². The van der Waals surface area contributed by atoms with E-state index in [1.54, 1.807) is 0 Å². The number of rotatable bonds is 2. The Morgan fingerprint density at radius 3 is 2.75 bits per heavy atom. The quantitative estimate of drug-likeness (QED) is 0.492. The zero-order chi connectivity index (χ0) is 8.97. The van der Waals surface area contributed by atoms with Gasteiger partial charge in [0.25, 0.3) is 0 Å². The van der Waals surface area contributed by atoms with Gasteiger partial charge < -0.3 is 4.84 Å². The summed E-state index contributed by atoms with van der Waals surface area (Å²) < 4.78 is 25.1. The fourth-order valence-electron chi connectivity index (χ4n) is 0.716. The molecule has 0 unspecified atom stereocenters. The van der Waals surface area contributed by atoms with Crippen molar-refractivity contribution in [2.45, 2.75) is 0 Å². The average Bonchev–Trinajstić information content (AvgIpc) is 2.03. The predicted molar refractivity (Wildman–Crippen MR) is 41.0 cm³/mol. The first-order valence-electron chi connectivity index (χ1n) is 3.25. The molecule has 2 nitrogen and oxygen atoms in total. The van der Waals surface area contributed by atoms with Crippen molar-refractivity contribution in [1.29, 1.82) is 0 Å². The highest BCUT2D eigenvalue weighted by Crippen LogP contribution is 2.06. The van der Waals surface area contributed by atoms with E-state index in [9.17, 15) is 8.78 Å². The largest absolute Gasteiger partial charge is 0.399 e. The topological polar surface area (TPSA) is 21.6 Å². The normalized spacial score (nSPS) is 10.6. The third kappa shape index (κ3) is 2.02. The van der Waals surface area contributed by atoms with E-state index < -0.39 is 11.6 Å². The molecule has 0 N–H and O–H groups in total. The van der Waals surface area contributed by atoms with Gasteiger partial charge in [-0.15, -0.1) is 0 Å². The zero-order valence-corrected chi connectivity index (χ0v) is 6.42. The van der Waals surface area contributed by atoms with Crippen molar-refractivity contribution in [1.82, 2.24) is 0 Å². The Morgan fingerprint density at radius 2 is 2.17 bits per heavy atom. The smallest absolute Gasteiger partial charge is 0.135 e. The van der Waals surface area contributed by atoms with Crippen LogP contribution in [-0.4, -0.2) is 13.3 Å². The van der Waals surface area contributed by atoms with Gasteiger partial charge in [0.2, 0.25) is 0 Å². The zero-order valence-electron chi connectivity index (χ0n) is 6.42. The molecule has 0 aromatic heterocycles. The molecule has 0 saturated heterocycles. The third-order valence-electron chi connectivity index (χ3n) is 1.26. The summed E-state index contributed by atoms with van der Waals surface area (Å²) in [6, 6.07) is 3.23. The predicted octanol–water partition coefficient (Wildman–Crippen LogP) is 1.95. The number of oxime groups is 1. The van der Waals surface area contributed by atoms with Crippen molar-refractivity contribution in [3.8, 4) is 0 Å². The Bertz CT molecular complexity index is 299. The molecule has 0 fully saturated rings. The van der Waals surface area contributed by atoms with Crippen LogP contribution < -0.4 is 0 Å². The van der Waals surface area contributed by atoms with Crippen LogP contribution in [0.3, 0.4) is 0 Å². The standard InChI is InChI=1S/C8H7F2NO/c1-12-11-5-6-2-3-7(9)4-8(6)10/h2-5H,1H3/b11-5-. The van der Waals surface area contributed by atoms with E-state index in [0.29, 0.717) is 0 Å². The molecule has 0 saturated carbocycles. The molecule has 0 aliphatic heterocycles. The van der Waals surface area contributed by atoms with Crippen LogP contribution in [-0.2, 0) is 4.84 Å². The molecule has 0 aliphatic rings. The molecular weight excluding hydrogens is 164 g/mol. The highest BCUT2D eigenvalue weighted by Gasteiger charge is 1.99. The molecule has 1 aromatic rings. The summed E-state index contributed by atoms with van der Waals surface area (Å²) in [5.41, 5.74) is 0.193. The summed E-state index contributed by atoms with van der Waals surface area (Å²) in [7, 11) is 1.35. The van der Waals surface area contributed by atoms with E-state index in [4.69, 9.17) is 0 Å². The summed E-state index contributed by atoms with van der Waals surface area (Å²) in [5, 5.41) is 3.35. The summed E-state index contributed by atoms with van der Waals surface area (Å²) >= 11 is 0. The van der Waals surface area contributed by atoms with E-state index in [-0.39, 0.29) is 5.56 Å². The van der Waals surface area contributed by atoms with Crippen LogP contribution in [0.25, 0.3) is 0 Å². The van der Waals surface area contributed by atoms with Gasteiger partial charge >= 0.3 is 0 Å². The second-order valence-corrected chi connectivity index (χ2v) is 2.08. The van der Waals surface area contributed by atoms with Crippen LogP contribution in [0.1, 0.15) is 5.56 Å². The van der Waals surface area contributed by atoms with Crippen molar-refractivity contribution in [3.05, 3.63) is 35.4 Å².